The van der Waals surface area contributed by atoms with Crippen molar-refractivity contribution in [3.63, 3.8) is 0 Å². The van der Waals surface area contributed by atoms with Gasteiger partial charge >= 0.3 is 0 Å². The van der Waals surface area contributed by atoms with Gasteiger partial charge in [0.05, 0.1) is 39.5 Å². The molecule has 0 aliphatic rings. The lowest BCUT2D eigenvalue weighted by molar-refractivity contribution is 0.729. The van der Waals surface area contributed by atoms with Crippen LogP contribution in [0.2, 0.25) is 5.02 Å². The van der Waals surface area contributed by atoms with E-state index < -0.39 is 11.6 Å². The number of hydrogen-bond donors (Lipinski definition) is 4. The first-order valence-corrected chi connectivity index (χ1v) is 9.69. The molecule has 12 heteroatoms. The Balaban J connectivity index is 1.95. The van der Waals surface area contributed by atoms with Gasteiger partial charge in [0.1, 0.15) is 23.3 Å². The van der Waals surface area contributed by atoms with Crippen molar-refractivity contribution in [3.8, 4) is 11.8 Å². The number of fused-ring (bicyclic) bond motifs is 1. The van der Waals surface area contributed by atoms with E-state index in [1.54, 1.807) is 31.2 Å². The van der Waals surface area contributed by atoms with Crippen LogP contribution in [-0.4, -0.2) is 24.5 Å². The molecule has 0 saturated heterocycles. The summed E-state index contributed by atoms with van der Waals surface area (Å²) < 4.78 is 1.36. The molecule has 4 aromatic rings. The minimum atomic E-state index is -0.631. The zero-order valence-electron chi connectivity index (χ0n) is 16.7. The Morgan fingerprint density at radius 3 is 2.69 bits per heavy atom. The maximum atomic E-state index is 13.5. The molecule has 0 amide bonds. The largest absolute Gasteiger partial charge is 0.397 e. The lowest BCUT2D eigenvalue weighted by atomic mass is 10.2. The predicted octanol–water partition coefficient (Wildman–Crippen LogP) is 2.02. The van der Waals surface area contributed by atoms with E-state index in [0.717, 1.165) is 0 Å². The Morgan fingerprint density at radius 2 is 1.97 bits per heavy atom. The average Bonchev–Trinajstić information content (AvgIpc) is 2.73. The maximum Gasteiger partial charge on any atom is 0.267 e. The van der Waals surface area contributed by atoms with Crippen LogP contribution >= 0.6 is 11.6 Å². The number of hydrogen-bond acceptors (Lipinski definition) is 10. The van der Waals surface area contributed by atoms with Crippen molar-refractivity contribution < 1.29 is 0 Å². The molecule has 0 bridgehead atoms. The number of benzene rings is 1. The number of nitrogens with zero attached hydrogens (tertiary/aromatic N) is 6. The van der Waals surface area contributed by atoms with Crippen LogP contribution in [0.4, 0.5) is 23.3 Å². The van der Waals surface area contributed by atoms with Gasteiger partial charge in [-0.2, -0.15) is 15.2 Å². The molecule has 0 aliphatic carbocycles. The van der Waals surface area contributed by atoms with Gasteiger partial charge in [-0.15, -0.1) is 0 Å². The third-order valence-corrected chi connectivity index (χ3v) is 5.00. The van der Waals surface area contributed by atoms with Crippen molar-refractivity contribution >= 4 is 45.8 Å². The summed E-state index contributed by atoms with van der Waals surface area (Å²) in [5.41, 5.74) is 18.2. The van der Waals surface area contributed by atoms with Crippen molar-refractivity contribution in [2.75, 3.05) is 22.5 Å². The van der Waals surface area contributed by atoms with Crippen molar-refractivity contribution in [1.82, 2.24) is 24.5 Å². The molecule has 0 aliphatic heterocycles. The molecule has 1 atom stereocenters. The van der Waals surface area contributed by atoms with Gasteiger partial charge in [0.15, 0.2) is 5.82 Å². The number of rotatable bonds is 4. The lowest BCUT2D eigenvalue weighted by Gasteiger charge is -2.21. The first-order valence-electron chi connectivity index (χ1n) is 9.32. The van der Waals surface area contributed by atoms with Crippen molar-refractivity contribution in [3.05, 3.63) is 63.4 Å². The van der Waals surface area contributed by atoms with Gasteiger partial charge in [0, 0.05) is 6.20 Å². The molecule has 32 heavy (non-hydrogen) atoms. The second-order valence-corrected chi connectivity index (χ2v) is 7.30. The molecule has 0 spiro atoms. The summed E-state index contributed by atoms with van der Waals surface area (Å²) in [5, 5.41) is 13.0. The molecule has 11 nitrogen and oxygen atoms in total. The van der Waals surface area contributed by atoms with Gasteiger partial charge in [-0.1, -0.05) is 17.7 Å². The van der Waals surface area contributed by atoms with Crippen molar-refractivity contribution in [1.29, 1.82) is 5.26 Å². The molecule has 0 fully saturated rings. The zero-order chi connectivity index (χ0) is 23.0. The Bertz CT molecular complexity index is 1460. The molecule has 160 valence electrons. The topological polar surface area (TPSA) is 187 Å². The number of nitrogens with one attached hydrogen (secondary N) is 1. The summed E-state index contributed by atoms with van der Waals surface area (Å²) in [6.45, 7) is 1.74. The molecule has 3 aromatic heterocycles. The molecule has 4 rings (SSSR count). The van der Waals surface area contributed by atoms with Crippen LogP contribution in [0.3, 0.4) is 0 Å². The van der Waals surface area contributed by atoms with Crippen molar-refractivity contribution in [2.24, 2.45) is 0 Å². The van der Waals surface area contributed by atoms with Crippen LogP contribution in [0.1, 0.15) is 24.4 Å². The third kappa shape index (κ3) is 3.59. The summed E-state index contributed by atoms with van der Waals surface area (Å²) >= 11 is 6.30. The number of nitrogens with two attached hydrogens (primary N) is 3. The van der Waals surface area contributed by atoms with Crippen LogP contribution in [0.15, 0.2) is 41.5 Å². The number of halogens is 1. The monoisotopic (exact) mass is 448 g/mol. The fourth-order valence-corrected chi connectivity index (χ4v) is 3.54. The van der Waals surface area contributed by atoms with E-state index in [-0.39, 0.29) is 33.6 Å². The predicted molar refractivity (Wildman–Crippen MR) is 122 cm³/mol. The van der Waals surface area contributed by atoms with Gasteiger partial charge in [-0.05, 0) is 25.1 Å². The molecule has 1 aromatic carbocycles. The summed E-state index contributed by atoms with van der Waals surface area (Å²) in [6.07, 6.45) is 2.95. The fraction of sp³-hybridized carbons (Fsp3) is 0.100. The van der Waals surface area contributed by atoms with E-state index in [4.69, 9.17) is 28.8 Å². The minimum absolute atomic E-state index is 0.0226. The van der Waals surface area contributed by atoms with Gasteiger partial charge in [0.25, 0.3) is 5.56 Å². The van der Waals surface area contributed by atoms with E-state index in [9.17, 15) is 10.1 Å². The first kappa shape index (κ1) is 20.8. The number of anilines is 4. The van der Waals surface area contributed by atoms with Crippen molar-refractivity contribution in [2.45, 2.75) is 13.0 Å². The van der Waals surface area contributed by atoms with Crippen LogP contribution in [0, 0.1) is 11.3 Å². The molecule has 0 radical (unpaired) electrons. The number of nitriles is 1. The van der Waals surface area contributed by atoms with E-state index in [1.807, 2.05) is 6.07 Å². The minimum Gasteiger partial charge on any atom is -0.397 e. The summed E-state index contributed by atoms with van der Waals surface area (Å²) in [4.78, 5) is 30.1. The number of aromatic nitrogens is 5. The second-order valence-electron chi connectivity index (χ2n) is 6.89. The Kier molecular flexibility index (Phi) is 5.21. The number of nitrogen functional groups attached to an aromatic ring is 3. The molecule has 1 unspecified atom stereocenters. The normalized spacial score (nSPS) is 11.8. The molecular weight excluding hydrogens is 432 g/mol. The quantitative estimate of drug-likeness (QED) is 0.359. The summed E-state index contributed by atoms with van der Waals surface area (Å²) in [7, 11) is 0. The highest BCUT2D eigenvalue weighted by atomic mass is 35.5. The van der Waals surface area contributed by atoms with Gasteiger partial charge in [-0.25, -0.2) is 4.98 Å². The highest BCUT2D eigenvalue weighted by Gasteiger charge is 2.22. The van der Waals surface area contributed by atoms with Crippen LogP contribution in [-0.2, 0) is 0 Å². The lowest BCUT2D eigenvalue weighted by Crippen LogP contribution is -2.28. The Morgan fingerprint density at radius 1 is 1.19 bits per heavy atom. The standard InChI is InChI=1S/C20H17ClN10O/c1-9(27-17-12(6-22)16(24)29-20(25)30-17)18-28-14-4-2-3-13(21)15(14)19(32)31(18)11-5-10(23)7-26-8-11/h2-5,7-9H,23H2,1H3,(H5,24,25,27,29,30). The highest BCUT2D eigenvalue weighted by molar-refractivity contribution is 6.35. The third-order valence-electron chi connectivity index (χ3n) is 4.68. The van der Waals surface area contributed by atoms with E-state index in [1.165, 1.54) is 17.0 Å². The first-order chi connectivity index (χ1) is 15.3. The summed E-state index contributed by atoms with van der Waals surface area (Å²) in [6, 6.07) is 7.91. The SMILES string of the molecule is CC(Nc1nc(N)nc(N)c1C#N)c1nc2cccc(Cl)c2c(=O)n1-c1cncc(N)c1. The summed E-state index contributed by atoms with van der Waals surface area (Å²) in [5.74, 6) is 0.247. The number of pyridine rings is 1. The molecule has 7 N–H and O–H groups in total. The van der Waals surface area contributed by atoms with Gasteiger partial charge < -0.3 is 22.5 Å². The van der Waals surface area contributed by atoms with E-state index in [2.05, 4.69) is 25.3 Å². The molecule has 0 saturated carbocycles. The second kappa shape index (κ2) is 8.01. The Labute approximate surface area is 186 Å². The smallest absolute Gasteiger partial charge is 0.267 e. The maximum absolute atomic E-state index is 13.5. The highest BCUT2D eigenvalue weighted by Crippen LogP contribution is 2.26. The van der Waals surface area contributed by atoms with Crippen LogP contribution in [0.25, 0.3) is 16.6 Å². The van der Waals surface area contributed by atoms with Gasteiger partial charge in [0.2, 0.25) is 5.95 Å². The van der Waals surface area contributed by atoms with E-state index in [0.29, 0.717) is 22.7 Å². The fourth-order valence-electron chi connectivity index (χ4n) is 3.29. The van der Waals surface area contributed by atoms with Crippen LogP contribution < -0.4 is 28.1 Å². The zero-order valence-corrected chi connectivity index (χ0v) is 17.5. The van der Waals surface area contributed by atoms with Gasteiger partial charge in [-0.3, -0.25) is 14.3 Å². The molecule has 3 heterocycles. The van der Waals surface area contributed by atoms with E-state index >= 15 is 0 Å². The Hall–Kier alpha value is -4.43. The van der Waals surface area contributed by atoms with Crippen LogP contribution in [0.5, 0.6) is 0 Å². The molecular formula is C20H17ClN10O. The average molecular weight is 449 g/mol.